The minimum absolute atomic E-state index is 0.232. The highest BCUT2D eigenvalue weighted by Gasteiger charge is 2.17. The molecule has 0 saturated heterocycles. The lowest BCUT2D eigenvalue weighted by molar-refractivity contribution is -0.143. The number of rotatable bonds is 6. The van der Waals surface area contributed by atoms with Gasteiger partial charge in [0.25, 0.3) is 0 Å². The Bertz CT molecular complexity index is 525. The highest BCUT2D eigenvalue weighted by Crippen LogP contribution is 2.23. The lowest BCUT2D eigenvalue weighted by Gasteiger charge is -2.10. The molecule has 0 aliphatic rings. The van der Waals surface area contributed by atoms with Gasteiger partial charge in [0.1, 0.15) is 4.83 Å². The summed E-state index contributed by atoms with van der Waals surface area (Å²) in [5.74, 6) is -0.232. The van der Waals surface area contributed by atoms with Crippen molar-refractivity contribution in [3.8, 4) is 0 Å². The van der Waals surface area contributed by atoms with E-state index in [-0.39, 0.29) is 10.8 Å². The van der Waals surface area contributed by atoms with Crippen LogP contribution in [0.1, 0.15) is 22.4 Å². The molecule has 2 aromatic rings. The van der Waals surface area contributed by atoms with Crippen molar-refractivity contribution in [1.82, 2.24) is 0 Å². The summed E-state index contributed by atoms with van der Waals surface area (Å²) in [6.45, 7) is 0.447. The van der Waals surface area contributed by atoms with Crippen molar-refractivity contribution in [1.29, 1.82) is 0 Å². The third kappa shape index (κ3) is 4.49. The van der Waals surface area contributed by atoms with Crippen LogP contribution >= 0.6 is 15.9 Å². The monoisotopic (exact) mass is 332 g/mol. The summed E-state index contributed by atoms with van der Waals surface area (Å²) in [5.41, 5.74) is 2.18. The van der Waals surface area contributed by atoms with Crippen LogP contribution in [-0.4, -0.2) is 12.6 Å². The number of carbonyl (C=O) groups is 1. The Morgan fingerprint density at radius 3 is 2.25 bits per heavy atom. The second kappa shape index (κ2) is 7.85. The zero-order chi connectivity index (χ0) is 14.2. The van der Waals surface area contributed by atoms with E-state index in [1.807, 2.05) is 48.5 Å². The number of esters is 1. The maximum atomic E-state index is 11.9. The molecule has 3 heteroatoms. The van der Waals surface area contributed by atoms with E-state index in [0.29, 0.717) is 6.61 Å². The zero-order valence-electron chi connectivity index (χ0n) is 11.2. The molecule has 2 rings (SSSR count). The van der Waals surface area contributed by atoms with E-state index in [0.717, 1.165) is 18.4 Å². The van der Waals surface area contributed by atoms with Gasteiger partial charge in [-0.15, -0.1) is 0 Å². The normalized spacial score (nSPS) is 11.8. The highest BCUT2D eigenvalue weighted by atomic mass is 79.9. The van der Waals surface area contributed by atoms with Crippen LogP contribution in [0.2, 0.25) is 0 Å². The van der Waals surface area contributed by atoms with Crippen molar-refractivity contribution >= 4 is 21.9 Å². The van der Waals surface area contributed by atoms with Gasteiger partial charge in [0.2, 0.25) is 0 Å². The van der Waals surface area contributed by atoms with Gasteiger partial charge >= 0.3 is 5.97 Å². The van der Waals surface area contributed by atoms with Gasteiger partial charge in [0, 0.05) is 0 Å². The number of ether oxygens (including phenoxy) is 1. The minimum Gasteiger partial charge on any atom is -0.465 e. The van der Waals surface area contributed by atoms with Crippen molar-refractivity contribution in [2.24, 2.45) is 0 Å². The molecule has 104 valence electrons. The molecule has 2 aromatic carbocycles. The van der Waals surface area contributed by atoms with Gasteiger partial charge in [-0.25, -0.2) is 0 Å². The first kappa shape index (κ1) is 14.8. The predicted molar refractivity (Wildman–Crippen MR) is 83.8 cm³/mol. The lowest BCUT2D eigenvalue weighted by Crippen LogP contribution is -2.12. The lowest BCUT2D eigenvalue weighted by atomic mass is 10.1. The summed E-state index contributed by atoms with van der Waals surface area (Å²) >= 11 is 3.37. The van der Waals surface area contributed by atoms with E-state index in [2.05, 4.69) is 28.1 Å². The number of hydrogen-bond donors (Lipinski definition) is 0. The van der Waals surface area contributed by atoms with Crippen molar-refractivity contribution in [2.45, 2.75) is 17.7 Å². The van der Waals surface area contributed by atoms with Gasteiger partial charge in [-0.3, -0.25) is 4.79 Å². The van der Waals surface area contributed by atoms with E-state index < -0.39 is 0 Å². The first-order valence-electron chi connectivity index (χ1n) is 6.67. The fourth-order valence-electron chi connectivity index (χ4n) is 1.92. The summed E-state index contributed by atoms with van der Waals surface area (Å²) in [4.78, 5) is 11.5. The Labute approximate surface area is 127 Å². The SMILES string of the molecule is O=C(OCCCc1ccccc1)C(Br)c1ccccc1. The Morgan fingerprint density at radius 2 is 1.60 bits per heavy atom. The number of benzene rings is 2. The smallest absolute Gasteiger partial charge is 0.324 e. The third-order valence-corrected chi connectivity index (χ3v) is 3.90. The molecule has 2 nitrogen and oxygen atoms in total. The van der Waals surface area contributed by atoms with Crippen LogP contribution in [0.25, 0.3) is 0 Å². The average molecular weight is 333 g/mol. The van der Waals surface area contributed by atoms with Crippen molar-refractivity contribution in [3.05, 3.63) is 71.8 Å². The topological polar surface area (TPSA) is 26.3 Å². The van der Waals surface area contributed by atoms with Crippen LogP contribution in [0, 0.1) is 0 Å². The zero-order valence-corrected chi connectivity index (χ0v) is 12.8. The predicted octanol–water partition coefficient (Wildman–Crippen LogP) is 4.30. The molecule has 0 bridgehead atoms. The number of hydrogen-bond acceptors (Lipinski definition) is 2. The first-order chi connectivity index (χ1) is 9.77. The molecule has 0 fully saturated rings. The summed E-state index contributed by atoms with van der Waals surface area (Å²) in [6.07, 6.45) is 1.76. The van der Waals surface area contributed by atoms with Gasteiger partial charge in [-0.2, -0.15) is 0 Å². The number of aryl methyl sites for hydroxylation is 1. The second-order valence-corrected chi connectivity index (χ2v) is 5.45. The molecule has 0 saturated carbocycles. The molecule has 0 aliphatic carbocycles. The number of alkyl halides is 1. The van der Waals surface area contributed by atoms with Gasteiger partial charge in [0.05, 0.1) is 6.61 Å². The second-order valence-electron chi connectivity index (χ2n) is 4.53. The molecular formula is C17H17BrO2. The molecule has 1 atom stereocenters. The maximum Gasteiger partial charge on any atom is 0.324 e. The molecule has 1 unspecified atom stereocenters. The summed E-state index contributed by atoms with van der Waals surface area (Å²) in [5, 5.41) is 0. The fraction of sp³-hybridized carbons (Fsp3) is 0.235. The number of halogens is 1. The minimum atomic E-state index is -0.388. The van der Waals surface area contributed by atoms with Crippen molar-refractivity contribution < 1.29 is 9.53 Å². The van der Waals surface area contributed by atoms with Crippen LogP contribution in [0.3, 0.4) is 0 Å². The van der Waals surface area contributed by atoms with Crippen LogP contribution in [0.5, 0.6) is 0 Å². The summed E-state index contributed by atoms with van der Waals surface area (Å²) < 4.78 is 5.29. The highest BCUT2D eigenvalue weighted by molar-refractivity contribution is 9.09. The molecule has 0 N–H and O–H groups in total. The summed E-state index contributed by atoms with van der Waals surface area (Å²) in [7, 11) is 0. The van der Waals surface area contributed by atoms with Crippen LogP contribution in [0.4, 0.5) is 0 Å². The van der Waals surface area contributed by atoms with E-state index >= 15 is 0 Å². The van der Waals surface area contributed by atoms with E-state index in [4.69, 9.17) is 4.74 Å². The Kier molecular flexibility index (Phi) is 5.81. The van der Waals surface area contributed by atoms with Gasteiger partial charge in [-0.05, 0) is 24.0 Å². The third-order valence-electron chi connectivity index (χ3n) is 3.00. The molecule has 0 radical (unpaired) electrons. The van der Waals surface area contributed by atoms with Gasteiger partial charge in [0.15, 0.2) is 0 Å². The van der Waals surface area contributed by atoms with Crippen LogP contribution < -0.4 is 0 Å². The van der Waals surface area contributed by atoms with E-state index in [1.165, 1.54) is 5.56 Å². The molecule has 0 aromatic heterocycles. The number of carbonyl (C=O) groups excluding carboxylic acids is 1. The Balaban J connectivity index is 1.73. The first-order valence-corrected chi connectivity index (χ1v) is 7.58. The molecule has 0 heterocycles. The van der Waals surface area contributed by atoms with Crippen LogP contribution in [-0.2, 0) is 16.0 Å². The molecule has 20 heavy (non-hydrogen) atoms. The molecular weight excluding hydrogens is 316 g/mol. The maximum absolute atomic E-state index is 11.9. The Hall–Kier alpha value is -1.61. The van der Waals surface area contributed by atoms with E-state index in [9.17, 15) is 4.79 Å². The Morgan fingerprint density at radius 1 is 1.00 bits per heavy atom. The standard InChI is InChI=1S/C17H17BrO2/c18-16(15-11-5-2-6-12-15)17(19)20-13-7-10-14-8-3-1-4-9-14/h1-6,8-9,11-12,16H,7,10,13H2. The van der Waals surface area contributed by atoms with Crippen LogP contribution in [0.15, 0.2) is 60.7 Å². The van der Waals surface area contributed by atoms with Crippen molar-refractivity contribution in [2.75, 3.05) is 6.61 Å². The average Bonchev–Trinajstić information content (AvgIpc) is 2.52. The van der Waals surface area contributed by atoms with Gasteiger partial charge < -0.3 is 4.74 Å². The largest absolute Gasteiger partial charge is 0.465 e. The quantitative estimate of drug-likeness (QED) is 0.448. The summed E-state index contributed by atoms with van der Waals surface area (Å²) in [6, 6.07) is 19.8. The van der Waals surface area contributed by atoms with Crippen molar-refractivity contribution in [3.63, 3.8) is 0 Å². The van der Waals surface area contributed by atoms with E-state index in [1.54, 1.807) is 0 Å². The molecule has 0 aliphatic heterocycles. The van der Waals surface area contributed by atoms with Gasteiger partial charge in [-0.1, -0.05) is 76.6 Å². The fourth-order valence-corrected chi connectivity index (χ4v) is 2.36. The molecule has 0 amide bonds. The molecule has 0 spiro atoms.